The van der Waals surface area contributed by atoms with Gasteiger partial charge in [0.15, 0.2) is 0 Å². The normalized spacial score (nSPS) is 14.2. The first-order valence-electron chi connectivity index (χ1n) is 7.90. The maximum Gasteiger partial charge on any atom is 0.276 e. The van der Waals surface area contributed by atoms with Crippen LogP contribution in [-0.4, -0.2) is 40.0 Å². The predicted molar refractivity (Wildman–Crippen MR) is 89.0 cm³/mol. The van der Waals surface area contributed by atoms with Gasteiger partial charge in [-0.2, -0.15) is 5.10 Å². The van der Waals surface area contributed by atoms with Crippen LogP contribution in [0.1, 0.15) is 40.1 Å². The number of benzene rings is 1. The third-order valence-corrected chi connectivity index (χ3v) is 3.92. The molecule has 2 heterocycles. The number of nitrogens with one attached hydrogen (secondary N) is 2. The van der Waals surface area contributed by atoms with E-state index in [9.17, 15) is 14.4 Å². The molecule has 0 atom stereocenters. The molecule has 0 radical (unpaired) electrons. The summed E-state index contributed by atoms with van der Waals surface area (Å²) in [5.41, 5.74) is 0.781. The lowest BCUT2D eigenvalue weighted by Crippen LogP contribution is -2.35. The zero-order chi connectivity index (χ0) is 16.9. The zero-order valence-corrected chi connectivity index (χ0v) is 13.1. The average Bonchev–Trinajstić information content (AvgIpc) is 2.62. The van der Waals surface area contributed by atoms with Gasteiger partial charge in [-0.15, -0.1) is 0 Å². The minimum Gasteiger partial charge on any atom is -0.339 e. The molecule has 1 aliphatic heterocycles. The molecule has 3 rings (SSSR count). The first kappa shape index (κ1) is 15.9. The Morgan fingerprint density at radius 2 is 1.88 bits per heavy atom. The van der Waals surface area contributed by atoms with E-state index in [1.54, 1.807) is 24.3 Å². The van der Waals surface area contributed by atoms with Crippen LogP contribution in [-0.2, 0) is 0 Å². The average molecular weight is 326 g/mol. The Labute approximate surface area is 138 Å². The van der Waals surface area contributed by atoms with Crippen LogP contribution in [0, 0.1) is 0 Å². The molecule has 0 aliphatic carbocycles. The van der Waals surface area contributed by atoms with Crippen molar-refractivity contribution in [3.8, 4) is 0 Å². The van der Waals surface area contributed by atoms with Crippen LogP contribution in [0.25, 0.3) is 0 Å². The number of H-pyrrole nitrogens is 1. The molecule has 2 aromatic rings. The van der Waals surface area contributed by atoms with Crippen molar-refractivity contribution in [1.82, 2.24) is 15.1 Å². The molecule has 7 nitrogen and oxygen atoms in total. The van der Waals surface area contributed by atoms with Crippen LogP contribution < -0.4 is 10.9 Å². The number of piperidine rings is 1. The Bertz CT molecular complexity index is 789. The second kappa shape index (κ2) is 7.08. The molecule has 0 unspecified atom stereocenters. The van der Waals surface area contributed by atoms with Gasteiger partial charge in [-0.1, -0.05) is 6.07 Å². The standard InChI is InChI=1S/C17H18N4O3/c22-15-8-7-14(19-20-15)16(23)18-13-6-4-5-12(11-13)17(24)21-9-2-1-3-10-21/h4-8,11H,1-3,9-10H2,(H,18,23)(H,20,22). The van der Waals surface area contributed by atoms with Crippen LogP contribution in [0.3, 0.4) is 0 Å². The highest BCUT2D eigenvalue weighted by Gasteiger charge is 2.18. The third kappa shape index (κ3) is 3.68. The van der Waals surface area contributed by atoms with Crippen molar-refractivity contribution in [3.63, 3.8) is 0 Å². The van der Waals surface area contributed by atoms with Crippen LogP contribution >= 0.6 is 0 Å². The molecule has 124 valence electrons. The number of carbonyl (C=O) groups is 2. The Hall–Kier alpha value is -2.96. The molecule has 1 saturated heterocycles. The Morgan fingerprint density at radius 1 is 1.08 bits per heavy atom. The number of carbonyl (C=O) groups excluding carboxylic acids is 2. The Kier molecular flexibility index (Phi) is 4.69. The monoisotopic (exact) mass is 326 g/mol. The predicted octanol–water partition coefficient (Wildman–Crippen LogP) is 1.65. The van der Waals surface area contributed by atoms with Crippen LogP contribution in [0.2, 0.25) is 0 Å². The van der Waals surface area contributed by atoms with E-state index in [0.717, 1.165) is 32.4 Å². The molecule has 1 aliphatic rings. The van der Waals surface area contributed by atoms with Gasteiger partial charge in [0, 0.05) is 30.4 Å². The molecule has 2 amide bonds. The molecular weight excluding hydrogens is 308 g/mol. The van der Waals surface area contributed by atoms with E-state index < -0.39 is 5.91 Å². The van der Waals surface area contributed by atoms with Gasteiger partial charge >= 0.3 is 0 Å². The van der Waals surface area contributed by atoms with Crippen molar-refractivity contribution in [2.45, 2.75) is 19.3 Å². The first-order valence-corrected chi connectivity index (χ1v) is 7.90. The highest BCUT2D eigenvalue weighted by Crippen LogP contribution is 2.16. The number of aromatic nitrogens is 2. The van der Waals surface area contributed by atoms with Crippen molar-refractivity contribution in [3.05, 3.63) is 58.0 Å². The molecule has 1 aromatic heterocycles. The molecule has 2 N–H and O–H groups in total. The summed E-state index contributed by atoms with van der Waals surface area (Å²) in [5.74, 6) is -0.471. The third-order valence-electron chi connectivity index (χ3n) is 3.92. The lowest BCUT2D eigenvalue weighted by atomic mass is 10.1. The van der Waals surface area contributed by atoms with Crippen molar-refractivity contribution in [2.24, 2.45) is 0 Å². The van der Waals surface area contributed by atoms with E-state index in [-0.39, 0.29) is 17.2 Å². The second-order valence-electron chi connectivity index (χ2n) is 5.69. The topological polar surface area (TPSA) is 95.2 Å². The molecule has 7 heteroatoms. The first-order chi connectivity index (χ1) is 11.6. The van der Waals surface area contributed by atoms with Gasteiger partial charge in [-0.3, -0.25) is 14.4 Å². The summed E-state index contributed by atoms with van der Waals surface area (Å²) in [4.78, 5) is 37.4. The molecule has 1 aromatic carbocycles. The lowest BCUT2D eigenvalue weighted by Gasteiger charge is -2.26. The van der Waals surface area contributed by atoms with Gasteiger partial charge in [0.2, 0.25) is 0 Å². The van der Waals surface area contributed by atoms with Crippen molar-refractivity contribution in [1.29, 1.82) is 0 Å². The summed E-state index contributed by atoms with van der Waals surface area (Å²) in [5, 5.41) is 8.57. The SMILES string of the molecule is O=C(Nc1cccc(C(=O)N2CCCCC2)c1)c1ccc(=O)[nH]n1. The van der Waals surface area contributed by atoms with Crippen molar-refractivity contribution in [2.75, 3.05) is 18.4 Å². The van der Waals surface area contributed by atoms with E-state index in [1.165, 1.54) is 12.1 Å². The van der Waals surface area contributed by atoms with Gasteiger partial charge in [0.1, 0.15) is 5.69 Å². The number of aromatic amines is 1. The highest BCUT2D eigenvalue weighted by atomic mass is 16.2. The second-order valence-corrected chi connectivity index (χ2v) is 5.69. The number of nitrogens with zero attached hydrogens (tertiary/aromatic N) is 2. The van der Waals surface area contributed by atoms with Gasteiger partial charge in [0.05, 0.1) is 0 Å². The van der Waals surface area contributed by atoms with Crippen molar-refractivity contribution >= 4 is 17.5 Å². The van der Waals surface area contributed by atoms with Gasteiger partial charge in [0.25, 0.3) is 17.4 Å². The minimum atomic E-state index is -0.450. The summed E-state index contributed by atoms with van der Waals surface area (Å²) in [6.07, 6.45) is 3.21. The quantitative estimate of drug-likeness (QED) is 0.896. The summed E-state index contributed by atoms with van der Waals surface area (Å²) < 4.78 is 0. The summed E-state index contributed by atoms with van der Waals surface area (Å²) in [7, 11) is 0. The van der Waals surface area contributed by atoms with Crippen LogP contribution in [0.4, 0.5) is 5.69 Å². The molecule has 24 heavy (non-hydrogen) atoms. The fraction of sp³-hybridized carbons (Fsp3) is 0.294. The number of rotatable bonds is 3. The smallest absolute Gasteiger partial charge is 0.276 e. The maximum atomic E-state index is 12.5. The van der Waals surface area contributed by atoms with Gasteiger partial charge < -0.3 is 10.2 Å². The van der Waals surface area contributed by atoms with Crippen molar-refractivity contribution < 1.29 is 9.59 Å². The zero-order valence-electron chi connectivity index (χ0n) is 13.1. The molecular formula is C17H18N4O3. The molecule has 0 bridgehead atoms. The van der Waals surface area contributed by atoms with Gasteiger partial charge in [-0.25, -0.2) is 5.10 Å². The number of hydrogen-bond acceptors (Lipinski definition) is 4. The van der Waals surface area contributed by atoms with Crippen LogP contribution in [0.5, 0.6) is 0 Å². The van der Waals surface area contributed by atoms with E-state index >= 15 is 0 Å². The highest BCUT2D eigenvalue weighted by molar-refractivity contribution is 6.03. The summed E-state index contributed by atoms with van der Waals surface area (Å²) in [6.45, 7) is 1.55. The Balaban J connectivity index is 1.72. The number of amides is 2. The molecule has 0 spiro atoms. The van der Waals surface area contributed by atoms with E-state index in [1.807, 2.05) is 4.90 Å². The van der Waals surface area contributed by atoms with Crippen LogP contribution in [0.15, 0.2) is 41.2 Å². The lowest BCUT2D eigenvalue weighted by molar-refractivity contribution is 0.0724. The molecule has 0 saturated carbocycles. The maximum absolute atomic E-state index is 12.5. The summed E-state index contributed by atoms with van der Waals surface area (Å²) in [6, 6.07) is 9.41. The number of anilines is 1. The fourth-order valence-electron chi connectivity index (χ4n) is 2.68. The minimum absolute atomic E-state index is 0.0204. The number of hydrogen-bond donors (Lipinski definition) is 2. The Morgan fingerprint density at radius 3 is 2.58 bits per heavy atom. The number of likely N-dealkylation sites (tertiary alicyclic amines) is 1. The largest absolute Gasteiger partial charge is 0.339 e. The van der Waals surface area contributed by atoms with Gasteiger partial charge in [-0.05, 0) is 43.5 Å². The molecule has 1 fully saturated rings. The fourth-order valence-corrected chi connectivity index (χ4v) is 2.68. The summed E-state index contributed by atoms with van der Waals surface area (Å²) >= 11 is 0. The van der Waals surface area contributed by atoms with E-state index in [4.69, 9.17) is 0 Å². The van der Waals surface area contributed by atoms with E-state index in [2.05, 4.69) is 15.5 Å². The van der Waals surface area contributed by atoms with E-state index in [0.29, 0.717) is 11.3 Å².